The maximum absolute atomic E-state index is 12.5. The van der Waals surface area contributed by atoms with Gasteiger partial charge in [0.15, 0.2) is 6.29 Å². The van der Waals surface area contributed by atoms with Crippen molar-refractivity contribution in [3.8, 4) is 0 Å². The van der Waals surface area contributed by atoms with Crippen LogP contribution in [0.1, 0.15) is 0 Å². The molecule has 1 heterocycles. The zero-order valence-corrected chi connectivity index (χ0v) is 13.3. The number of hydrogen-bond acceptors (Lipinski definition) is 6. The number of methoxy groups -OCH3 is 3. The Morgan fingerprint density at radius 2 is 2.09 bits per heavy atom. The lowest BCUT2D eigenvalue weighted by atomic mass is 9.92. The lowest BCUT2D eigenvalue weighted by Crippen LogP contribution is -2.49. The van der Waals surface area contributed by atoms with Crippen molar-refractivity contribution in [1.29, 1.82) is 0 Å². The quantitative estimate of drug-likeness (QED) is 0.415. The number of allylic oxidation sites excluding steroid dienone is 1. The number of carbonyl (C=O) groups excluding carboxylic acids is 2. The van der Waals surface area contributed by atoms with E-state index < -0.39 is 18.2 Å². The molecule has 0 bridgehead atoms. The number of hydrogen-bond donors (Lipinski definition) is 0. The molecule has 1 unspecified atom stereocenters. The van der Waals surface area contributed by atoms with Crippen LogP contribution in [0.4, 0.5) is 0 Å². The van der Waals surface area contributed by atoms with Gasteiger partial charge in [-0.1, -0.05) is 12.2 Å². The van der Waals surface area contributed by atoms with Gasteiger partial charge >= 0.3 is 5.97 Å². The SMILES string of the molecule is COC(=O)C1=CC2=NC(=S)N(CC(OC)OC)C(=O)C2C=C1. The standard InChI is InChI=1S/C14H16N2O5S/c1-19-11(20-2)7-16-12(17)9-5-4-8(13(18)21-3)6-10(9)15-14(16)22/h4-6,9,11H,7H2,1-3H3. The number of rotatable bonds is 5. The largest absolute Gasteiger partial charge is 0.465 e. The molecule has 0 fully saturated rings. The van der Waals surface area contributed by atoms with E-state index in [2.05, 4.69) is 9.73 Å². The third-order valence-electron chi connectivity index (χ3n) is 3.36. The number of esters is 1. The van der Waals surface area contributed by atoms with Crippen molar-refractivity contribution < 1.29 is 23.8 Å². The van der Waals surface area contributed by atoms with Gasteiger partial charge in [0.25, 0.3) is 0 Å². The fraction of sp³-hybridized carbons (Fsp3) is 0.429. The molecule has 0 radical (unpaired) electrons. The molecule has 7 nitrogen and oxygen atoms in total. The molecule has 0 aromatic rings. The maximum Gasteiger partial charge on any atom is 0.337 e. The third kappa shape index (κ3) is 3.13. The van der Waals surface area contributed by atoms with E-state index in [1.165, 1.54) is 32.3 Å². The fourth-order valence-electron chi connectivity index (χ4n) is 2.15. The van der Waals surface area contributed by atoms with Gasteiger partial charge in [0.2, 0.25) is 11.0 Å². The Labute approximate surface area is 133 Å². The molecule has 2 aliphatic rings. The molecule has 118 valence electrons. The van der Waals surface area contributed by atoms with Crippen molar-refractivity contribution in [2.45, 2.75) is 6.29 Å². The van der Waals surface area contributed by atoms with E-state index in [1.807, 2.05) is 0 Å². The highest BCUT2D eigenvalue weighted by atomic mass is 32.1. The van der Waals surface area contributed by atoms with Gasteiger partial charge in [0.1, 0.15) is 0 Å². The topological polar surface area (TPSA) is 77.4 Å². The Balaban J connectivity index is 2.25. The second-order valence-corrected chi connectivity index (χ2v) is 4.96. The maximum atomic E-state index is 12.5. The summed E-state index contributed by atoms with van der Waals surface area (Å²) >= 11 is 5.16. The second-order valence-electron chi connectivity index (χ2n) is 4.60. The number of aliphatic imine (C=N–C) groups is 1. The van der Waals surface area contributed by atoms with E-state index in [1.54, 1.807) is 12.2 Å². The Morgan fingerprint density at radius 1 is 1.41 bits per heavy atom. The van der Waals surface area contributed by atoms with E-state index in [4.69, 9.17) is 21.7 Å². The minimum atomic E-state index is -0.590. The van der Waals surface area contributed by atoms with Crippen molar-refractivity contribution in [2.75, 3.05) is 27.9 Å². The summed E-state index contributed by atoms with van der Waals surface area (Å²) in [5.74, 6) is -1.29. The van der Waals surface area contributed by atoms with Crippen molar-refractivity contribution in [1.82, 2.24) is 4.90 Å². The van der Waals surface area contributed by atoms with Crippen LogP contribution in [0.25, 0.3) is 0 Å². The highest BCUT2D eigenvalue weighted by Gasteiger charge is 2.36. The van der Waals surface area contributed by atoms with Gasteiger partial charge < -0.3 is 14.2 Å². The smallest absolute Gasteiger partial charge is 0.337 e. The molecule has 1 amide bonds. The molecule has 0 spiro atoms. The van der Waals surface area contributed by atoms with Gasteiger partial charge in [0.05, 0.1) is 30.9 Å². The van der Waals surface area contributed by atoms with Crippen LogP contribution in [0, 0.1) is 5.92 Å². The molecule has 1 atom stereocenters. The molecular weight excluding hydrogens is 308 g/mol. The first-order valence-electron chi connectivity index (χ1n) is 6.49. The van der Waals surface area contributed by atoms with E-state index in [0.29, 0.717) is 11.3 Å². The van der Waals surface area contributed by atoms with Crippen LogP contribution in [-0.2, 0) is 23.8 Å². The molecule has 0 aromatic carbocycles. The summed E-state index contributed by atoms with van der Waals surface area (Å²) in [5, 5.41) is 0.117. The number of carbonyl (C=O) groups is 2. The minimum absolute atomic E-state index is 0.117. The van der Waals surface area contributed by atoms with Crippen LogP contribution in [0.15, 0.2) is 28.8 Å². The fourth-order valence-corrected chi connectivity index (χ4v) is 2.42. The molecule has 8 heteroatoms. The first-order valence-corrected chi connectivity index (χ1v) is 6.90. The number of thiocarbonyl (C=S) groups is 1. The van der Waals surface area contributed by atoms with Crippen LogP contribution < -0.4 is 0 Å². The van der Waals surface area contributed by atoms with Gasteiger partial charge in [-0.3, -0.25) is 9.69 Å². The van der Waals surface area contributed by atoms with Gasteiger partial charge in [-0.05, 0) is 18.3 Å². The van der Waals surface area contributed by atoms with Crippen molar-refractivity contribution >= 4 is 34.9 Å². The summed E-state index contributed by atoms with van der Waals surface area (Å²) in [7, 11) is 4.25. The minimum Gasteiger partial charge on any atom is -0.465 e. The zero-order chi connectivity index (χ0) is 16.3. The predicted octanol–water partition coefficient (Wildman–Crippen LogP) is 0.459. The Bertz CT molecular complexity index is 592. The van der Waals surface area contributed by atoms with Crippen molar-refractivity contribution in [3.63, 3.8) is 0 Å². The second kappa shape index (κ2) is 6.91. The molecule has 1 aliphatic heterocycles. The monoisotopic (exact) mass is 324 g/mol. The molecule has 0 N–H and O–H groups in total. The Kier molecular flexibility index (Phi) is 5.17. The third-order valence-corrected chi connectivity index (χ3v) is 3.67. The first-order chi connectivity index (χ1) is 10.5. The summed E-state index contributed by atoms with van der Waals surface area (Å²) in [6, 6.07) is 0. The van der Waals surface area contributed by atoms with Gasteiger partial charge in [-0.25, -0.2) is 9.79 Å². The summed E-state index contributed by atoms with van der Waals surface area (Å²) in [5.41, 5.74) is 0.758. The average molecular weight is 324 g/mol. The Morgan fingerprint density at radius 3 is 2.68 bits per heavy atom. The summed E-state index contributed by atoms with van der Waals surface area (Å²) in [6.07, 6.45) is 4.08. The van der Waals surface area contributed by atoms with Crippen LogP contribution >= 0.6 is 12.2 Å². The summed E-state index contributed by atoms with van der Waals surface area (Å²) < 4.78 is 14.8. The molecule has 2 rings (SSSR count). The van der Waals surface area contributed by atoms with Crippen molar-refractivity contribution in [3.05, 3.63) is 23.8 Å². The highest BCUT2D eigenvalue weighted by Crippen LogP contribution is 2.23. The van der Waals surface area contributed by atoms with E-state index in [9.17, 15) is 9.59 Å². The van der Waals surface area contributed by atoms with E-state index in [-0.39, 0.29) is 17.6 Å². The lowest BCUT2D eigenvalue weighted by molar-refractivity contribution is -0.139. The normalized spacial score (nSPS) is 20.7. The molecule has 0 aromatic heterocycles. The molecule has 0 saturated heterocycles. The molecular formula is C14H16N2O5S. The average Bonchev–Trinajstić information content (AvgIpc) is 2.53. The van der Waals surface area contributed by atoms with Crippen LogP contribution in [0.5, 0.6) is 0 Å². The molecule has 0 saturated carbocycles. The number of ether oxygens (including phenoxy) is 3. The van der Waals surface area contributed by atoms with Gasteiger partial charge in [-0.2, -0.15) is 0 Å². The Hall–Kier alpha value is -1.90. The van der Waals surface area contributed by atoms with Gasteiger partial charge in [0, 0.05) is 14.2 Å². The highest BCUT2D eigenvalue weighted by molar-refractivity contribution is 7.80. The number of nitrogens with zero attached hydrogens (tertiary/aromatic N) is 2. The lowest BCUT2D eigenvalue weighted by Gasteiger charge is -2.32. The van der Waals surface area contributed by atoms with Crippen LogP contribution in [-0.4, -0.2) is 61.8 Å². The summed E-state index contributed by atoms with van der Waals surface area (Å²) in [6.45, 7) is 0.152. The van der Waals surface area contributed by atoms with E-state index >= 15 is 0 Å². The molecule has 22 heavy (non-hydrogen) atoms. The number of amides is 1. The zero-order valence-electron chi connectivity index (χ0n) is 12.4. The van der Waals surface area contributed by atoms with E-state index in [0.717, 1.165) is 0 Å². The first kappa shape index (κ1) is 16.5. The predicted molar refractivity (Wildman–Crippen MR) is 82.3 cm³/mol. The van der Waals surface area contributed by atoms with Gasteiger partial charge in [-0.15, -0.1) is 0 Å². The summed E-state index contributed by atoms with van der Waals surface area (Å²) in [4.78, 5) is 29.6. The molecule has 1 aliphatic carbocycles. The number of fused-ring (bicyclic) bond motifs is 1. The van der Waals surface area contributed by atoms with Crippen LogP contribution in [0.3, 0.4) is 0 Å². The van der Waals surface area contributed by atoms with Crippen LogP contribution in [0.2, 0.25) is 0 Å². The van der Waals surface area contributed by atoms with Crippen molar-refractivity contribution in [2.24, 2.45) is 10.9 Å².